The van der Waals surface area contributed by atoms with E-state index in [4.69, 9.17) is 5.11 Å². The first-order valence-corrected chi connectivity index (χ1v) is 6.75. The molecule has 0 aliphatic carbocycles. The number of amides is 2. The lowest BCUT2D eigenvalue weighted by Crippen LogP contribution is -2.45. The van der Waals surface area contributed by atoms with Crippen molar-refractivity contribution in [1.29, 1.82) is 0 Å². The lowest BCUT2D eigenvalue weighted by molar-refractivity contribution is -0.138. The molecule has 1 aromatic rings. The number of aliphatic carboxylic acids is 1. The van der Waals surface area contributed by atoms with Gasteiger partial charge in [-0.05, 0) is 26.3 Å². The second kappa shape index (κ2) is 7.53. The van der Waals surface area contributed by atoms with Crippen LogP contribution in [0.4, 0.5) is 4.79 Å². The van der Waals surface area contributed by atoms with Gasteiger partial charge in [0.05, 0.1) is 6.42 Å². The molecule has 0 saturated heterocycles. The molecule has 0 aliphatic rings. The molecule has 0 spiro atoms. The first kappa shape index (κ1) is 16.0. The summed E-state index contributed by atoms with van der Waals surface area (Å²) < 4.78 is 0. The van der Waals surface area contributed by atoms with Crippen molar-refractivity contribution in [2.45, 2.75) is 39.8 Å². The Hall–Kier alpha value is -2.04. The number of hydrogen-bond acceptors (Lipinski definition) is 2. The van der Waals surface area contributed by atoms with Gasteiger partial charge in [-0.1, -0.05) is 29.8 Å². The van der Waals surface area contributed by atoms with E-state index < -0.39 is 5.97 Å². The fourth-order valence-electron chi connectivity index (χ4n) is 2.00. The molecular weight excluding hydrogens is 256 g/mol. The minimum absolute atomic E-state index is 0.0498. The van der Waals surface area contributed by atoms with Crippen LogP contribution in [0.3, 0.4) is 0 Å². The molecule has 0 aliphatic heterocycles. The van der Waals surface area contributed by atoms with E-state index in [-0.39, 0.29) is 18.5 Å². The van der Waals surface area contributed by atoms with Crippen LogP contribution in [0.25, 0.3) is 0 Å². The molecule has 0 saturated carbocycles. The van der Waals surface area contributed by atoms with Gasteiger partial charge >= 0.3 is 12.0 Å². The van der Waals surface area contributed by atoms with Crippen LogP contribution in [-0.2, 0) is 11.3 Å². The Morgan fingerprint density at radius 2 is 1.90 bits per heavy atom. The number of carbonyl (C=O) groups excluding carboxylic acids is 1. The molecule has 0 radical (unpaired) electrons. The first-order valence-electron chi connectivity index (χ1n) is 6.75. The summed E-state index contributed by atoms with van der Waals surface area (Å²) in [7, 11) is 0. The molecule has 1 unspecified atom stereocenters. The van der Waals surface area contributed by atoms with Crippen molar-refractivity contribution in [3.8, 4) is 0 Å². The number of carbonyl (C=O) groups is 2. The highest BCUT2D eigenvalue weighted by Gasteiger charge is 2.20. The van der Waals surface area contributed by atoms with Gasteiger partial charge in [0.1, 0.15) is 0 Å². The molecule has 110 valence electrons. The van der Waals surface area contributed by atoms with Crippen LogP contribution < -0.4 is 5.32 Å². The number of aryl methyl sites for hydroxylation is 1. The lowest BCUT2D eigenvalue weighted by Gasteiger charge is -2.27. The Labute approximate surface area is 119 Å². The van der Waals surface area contributed by atoms with Gasteiger partial charge in [0.15, 0.2) is 0 Å². The fraction of sp³-hybridized carbons (Fsp3) is 0.467. The number of hydrogen-bond donors (Lipinski definition) is 2. The number of benzene rings is 1. The first-order chi connectivity index (χ1) is 9.43. The zero-order chi connectivity index (χ0) is 15.1. The molecule has 2 amide bonds. The molecule has 0 fully saturated rings. The number of carboxylic acids is 1. The van der Waals surface area contributed by atoms with Crippen molar-refractivity contribution < 1.29 is 14.7 Å². The van der Waals surface area contributed by atoms with Gasteiger partial charge in [0.25, 0.3) is 0 Å². The second-order valence-corrected chi connectivity index (χ2v) is 4.88. The van der Waals surface area contributed by atoms with E-state index in [0.717, 1.165) is 5.56 Å². The molecule has 1 rings (SSSR count). The van der Waals surface area contributed by atoms with E-state index in [1.165, 1.54) is 10.5 Å². The summed E-state index contributed by atoms with van der Waals surface area (Å²) in [4.78, 5) is 24.3. The molecule has 1 aromatic carbocycles. The van der Waals surface area contributed by atoms with Crippen LogP contribution in [0.1, 0.15) is 31.4 Å². The van der Waals surface area contributed by atoms with Crippen LogP contribution in [0.2, 0.25) is 0 Å². The van der Waals surface area contributed by atoms with Crippen molar-refractivity contribution in [3.05, 3.63) is 35.4 Å². The van der Waals surface area contributed by atoms with Crippen LogP contribution in [-0.4, -0.2) is 34.6 Å². The van der Waals surface area contributed by atoms with Crippen molar-refractivity contribution >= 4 is 12.0 Å². The molecule has 5 nitrogen and oxygen atoms in total. The minimum atomic E-state index is -0.901. The summed E-state index contributed by atoms with van der Waals surface area (Å²) in [5.41, 5.74) is 2.19. The number of rotatable bonds is 6. The number of carboxylic acid groups (broad SMARTS) is 1. The zero-order valence-electron chi connectivity index (χ0n) is 12.2. The monoisotopic (exact) mass is 278 g/mol. The largest absolute Gasteiger partial charge is 0.481 e. The Morgan fingerprint density at radius 3 is 2.40 bits per heavy atom. The summed E-state index contributed by atoms with van der Waals surface area (Å²) in [5, 5.41) is 11.6. The SMILES string of the molecule is CCN(C(=O)NCc1ccc(C)cc1)C(C)CC(=O)O. The Balaban J connectivity index is 2.54. The molecule has 0 aromatic heterocycles. The molecular formula is C15H22N2O3. The van der Waals surface area contributed by atoms with Crippen LogP contribution in [0, 0.1) is 6.92 Å². The zero-order valence-corrected chi connectivity index (χ0v) is 12.2. The summed E-state index contributed by atoms with van der Waals surface area (Å²) in [6, 6.07) is 7.36. The quantitative estimate of drug-likeness (QED) is 0.839. The maximum Gasteiger partial charge on any atom is 0.317 e. The van der Waals surface area contributed by atoms with E-state index in [2.05, 4.69) is 5.32 Å². The smallest absolute Gasteiger partial charge is 0.317 e. The minimum Gasteiger partial charge on any atom is -0.481 e. The normalized spacial score (nSPS) is 11.8. The van der Waals surface area contributed by atoms with E-state index in [1.54, 1.807) is 6.92 Å². The van der Waals surface area contributed by atoms with Gasteiger partial charge in [0.2, 0.25) is 0 Å². The van der Waals surface area contributed by atoms with Crippen LogP contribution >= 0.6 is 0 Å². The molecule has 0 bridgehead atoms. The summed E-state index contributed by atoms with van der Waals surface area (Å²) in [6.07, 6.45) is -0.0498. The van der Waals surface area contributed by atoms with Gasteiger partial charge in [-0.15, -0.1) is 0 Å². The van der Waals surface area contributed by atoms with Crippen molar-refractivity contribution in [2.24, 2.45) is 0 Å². The average Bonchev–Trinajstić information content (AvgIpc) is 2.38. The maximum absolute atomic E-state index is 12.1. The van der Waals surface area contributed by atoms with Crippen molar-refractivity contribution in [1.82, 2.24) is 10.2 Å². The third-order valence-corrected chi connectivity index (χ3v) is 3.17. The Morgan fingerprint density at radius 1 is 1.30 bits per heavy atom. The standard InChI is InChI=1S/C15H22N2O3/c1-4-17(12(3)9-14(18)19)15(20)16-10-13-7-5-11(2)6-8-13/h5-8,12H,4,9-10H2,1-3H3,(H,16,20)(H,18,19). The van der Waals surface area contributed by atoms with Crippen LogP contribution in [0.15, 0.2) is 24.3 Å². The third-order valence-electron chi connectivity index (χ3n) is 3.17. The predicted octanol–water partition coefficient (Wildman–Crippen LogP) is 2.39. The van der Waals surface area contributed by atoms with Crippen molar-refractivity contribution in [2.75, 3.05) is 6.54 Å². The van der Waals surface area contributed by atoms with E-state index in [0.29, 0.717) is 13.1 Å². The van der Waals surface area contributed by atoms with Gasteiger partial charge in [0, 0.05) is 19.1 Å². The van der Waals surface area contributed by atoms with Gasteiger partial charge < -0.3 is 15.3 Å². The maximum atomic E-state index is 12.1. The highest BCUT2D eigenvalue weighted by atomic mass is 16.4. The van der Waals surface area contributed by atoms with E-state index >= 15 is 0 Å². The topological polar surface area (TPSA) is 69.6 Å². The summed E-state index contributed by atoms with van der Waals surface area (Å²) in [6.45, 7) is 6.51. The van der Waals surface area contributed by atoms with Gasteiger partial charge in [-0.3, -0.25) is 4.79 Å². The van der Waals surface area contributed by atoms with Gasteiger partial charge in [-0.2, -0.15) is 0 Å². The number of nitrogens with one attached hydrogen (secondary N) is 1. The highest BCUT2D eigenvalue weighted by molar-refractivity contribution is 5.75. The second-order valence-electron chi connectivity index (χ2n) is 4.88. The molecule has 1 atom stereocenters. The fourth-order valence-corrected chi connectivity index (χ4v) is 2.00. The molecule has 2 N–H and O–H groups in total. The summed E-state index contributed by atoms with van der Waals surface area (Å²) >= 11 is 0. The lowest BCUT2D eigenvalue weighted by atomic mass is 10.1. The van der Waals surface area contributed by atoms with Crippen LogP contribution in [0.5, 0.6) is 0 Å². The number of nitrogens with zero attached hydrogens (tertiary/aromatic N) is 1. The summed E-state index contributed by atoms with van der Waals surface area (Å²) in [5.74, 6) is -0.901. The molecule has 20 heavy (non-hydrogen) atoms. The molecule has 0 heterocycles. The van der Waals surface area contributed by atoms with E-state index in [9.17, 15) is 9.59 Å². The Kier molecular flexibility index (Phi) is 6.03. The van der Waals surface area contributed by atoms with Gasteiger partial charge in [-0.25, -0.2) is 4.79 Å². The average molecular weight is 278 g/mol. The van der Waals surface area contributed by atoms with Crippen molar-refractivity contribution in [3.63, 3.8) is 0 Å². The molecule has 5 heteroatoms. The highest BCUT2D eigenvalue weighted by Crippen LogP contribution is 2.06. The predicted molar refractivity (Wildman–Crippen MR) is 77.5 cm³/mol. The van der Waals surface area contributed by atoms with E-state index in [1.807, 2.05) is 38.1 Å². The Bertz CT molecular complexity index is 457. The number of urea groups is 1. The third kappa shape index (κ3) is 4.91.